The number of imidazole rings is 1. The number of amides is 1. The number of carbonyl (C=O) groups excluding carboxylic acids is 1. The van der Waals surface area contributed by atoms with Crippen LogP contribution < -0.4 is 5.32 Å². The summed E-state index contributed by atoms with van der Waals surface area (Å²) in [6.07, 6.45) is 4.25. The van der Waals surface area contributed by atoms with Gasteiger partial charge in [0.25, 0.3) is 0 Å². The van der Waals surface area contributed by atoms with E-state index in [4.69, 9.17) is 4.98 Å². The van der Waals surface area contributed by atoms with Gasteiger partial charge in [-0.25, -0.2) is 4.98 Å². The van der Waals surface area contributed by atoms with Crippen molar-refractivity contribution in [2.24, 2.45) is 0 Å². The Kier molecular flexibility index (Phi) is 5.23. The molecule has 0 bridgehead atoms. The van der Waals surface area contributed by atoms with Crippen LogP contribution >= 0.6 is 11.8 Å². The third kappa shape index (κ3) is 3.38. The fourth-order valence-electron chi connectivity index (χ4n) is 3.38. The van der Waals surface area contributed by atoms with Crippen LogP contribution in [0.25, 0.3) is 11.0 Å². The molecule has 1 N–H and O–H groups in total. The van der Waals surface area contributed by atoms with E-state index in [1.165, 1.54) is 0 Å². The van der Waals surface area contributed by atoms with Gasteiger partial charge in [0, 0.05) is 19.1 Å². The highest BCUT2D eigenvalue weighted by Gasteiger charge is 2.28. The topological polar surface area (TPSA) is 50.2 Å². The second kappa shape index (κ2) is 7.36. The molecule has 0 radical (unpaired) electrons. The number of rotatable bonds is 6. The molecular formula is C17H24N4OS. The van der Waals surface area contributed by atoms with Crippen LogP contribution in [0.3, 0.4) is 0 Å². The first-order chi connectivity index (χ1) is 11.2. The number of nitrogens with zero attached hydrogens (tertiary/aromatic N) is 3. The van der Waals surface area contributed by atoms with Crippen molar-refractivity contribution >= 4 is 28.7 Å². The number of carbonyl (C=O) groups is 1. The number of para-hydroxylation sites is 2. The number of hydrogen-bond donors (Lipinski definition) is 1. The summed E-state index contributed by atoms with van der Waals surface area (Å²) in [4.78, 5) is 19.6. The molecule has 2 aromatic rings. The van der Waals surface area contributed by atoms with Gasteiger partial charge in [-0.15, -0.1) is 0 Å². The van der Waals surface area contributed by atoms with Gasteiger partial charge in [-0.05, 0) is 38.3 Å². The zero-order valence-corrected chi connectivity index (χ0v) is 14.6. The van der Waals surface area contributed by atoms with Crippen molar-refractivity contribution < 1.29 is 4.79 Å². The molecule has 5 nitrogen and oxygen atoms in total. The summed E-state index contributed by atoms with van der Waals surface area (Å²) < 4.78 is 2.09. The molecule has 1 aromatic carbocycles. The number of nitrogens with one attached hydrogen (secondary N) is 1. The fraction of sp³-hybridized carbons (Fsp3) is 0.529. The van der Waals surface area contributed by atoms with Crippen molar-refractivity contribution in [3.63, 3.8) is 0 Å². The maximum Gasteiger partial charge on any atom is 0.242 e. The Morgan fingerprint density at radius 2 is 2.26 bits per heavy atom. The van der Waals surface area contributed by atoms with Gasteiger partial charge >= 0.3 is 0 Å². The first-order valence-electron chi connectivity index (χ1n) is 8.11. The predicted molar refractivity (Wildman–Crippen MR) is 95.6 cm³/mol. The van der Waals surface area contributed by atoms with Gasteiger partial charge in [-0.1, -0.05) is 12.1 Å². The second-order valence-electron chi connectivity index (χ2n) is 5.98. The Morgan fingerprint density at radius 1 is 1.43 bits per heavy atom. The number of fused-ring (bicyclic) bond motifs is 1. The monoisotopic (exact) mass is 332 g/mol. The number of thioether (sulfide) groups is 1. The van der Waals surface area contributed by atoms with Gasteiger partial charge < -0.3 is 14.8 Å². The minimum absolute atomic E-state index is 0.202. The highest BCUT2D eigenvalue weighted by atomic mass is 32.2. The smallest absolute Gasteiger partial charge is 0.242 e. The standard InChI is InChI=1S/C17H24N4OS/c1-18-10-13-6-5-9-20(13)17(22)11-21-15-8-4-3-7-14(15)19-16(21)12-23-2/h3-4,7-8,13,18H,5-6,9-12H2,1-2H3. The van der Waals surface area contributed by atoms with Crippen LogP contribution in [-0.4, -0.2) is 52.8 Å². The van der Waals surface area contributed by atoms with Gasteiger partial charge in [0.15, 0.2) is 0 Å². The van der Waals surface area contributed by atoms with Crippen molar-refractivity contribution in [2.45, 2.75) is 31.2 Å². The summed E-state index contributed by atoms with van der Waals surface area (Å²) in [6, 6.07) is 8.39. The lowest BCUT2D eigenvalue weighted by Crippen LogP contribution is -2.42. The van der Waals surface area contributed by atoms with Crippen molar-refractivity contribution in [1.82, 2.24) is 19.8 Å². The Labute approximate surface area is 141 Å². The minimum atomic E-state index is 0.202. The molecule has 1 amide bonds. The quantitative estimate of drug-likeness (QED) is 0.880. The maximum absolute atomic E-state index is 12.8. The van der Waals surface area contributed by atoms with E-state index in [0.717, 1.165) is 48.5 Å². The van der Waals surface area contributed by atoms with Crippen molar-refractivity contribution in [3.05, 3.63) is 30.1 Å². The lowest BCUT2D eigenvalue weighted by atomic mass is 10.2. The van der Waals surface area contributed by atoms with E-state index in [1.54, 1.807) is 11.8 Å². The lowest BCUT2D eigenvalue weighted by Gasteiger charge is -2.25. The van der Waals surface area contributed by atoms with E-state index in [-0.39, 0.29) is 5.91 Å². The van der Waals surface area contributed by atoms with Crippen LogP contribution in [0.2, 0.25) is 0 Å². The van der Waals surface area contributed by atoms with Crippen molar-refractivity contribution in [3.8, 4) is 0 Å². The van der Waals surface area contributed by atoms with Gasteiger partial charge in [0.2, 0.25) is 5.91 Å². The predicted octanol–water partition coefficient (Wildman–Crippen LogP) is 2.11. The summed E-state index contributed by atoms with van der Waals surface area (Å²) in [5, 5.41) is 3.20. The molecule has 1 aromatic heterocycles. The number of likely N-dealkylation sites (tertiary alicyclic amines) is 1. The Hall–Kier alpha value is -1.53. The van der Waals surface area contributed by atoms with Gasteiger partial charge in [0.1, 0.15) is 12.4 Å². The largest absolute Gasteiger partial charge is 0.337 e. The van der Waals surface area contributed by atoms with Crippen LogP contribution in [-0.2, 0) is 17.1 Å². The van der Waals surface area contributed by atoms with Crippen LogP contribution in [0.4, 0.5) is 0 Å². The highest BCUT2D eigenvalue weighted by molar-refractivity contribution is 7.97. The molecule has 0 aliphatic carbocycles. The SMILES string of the molecule is CNCC1CCCN1C(=O)Cn1c(CSC)nc2ccccc21. The van der Waals surface area contributed by atoms with Crippen LogP contribution in [0.15, 0.2) is 24.3 Å². The molecule has 124 valence electrons. The summed E-state index contributed by atoms with van der Waals surface area (Å²) in [6.45, 7) is 2.13. The lowest BCUT2D eigenvalue weighted by molar-refractivity contribution is -0.132. The molecule has 1 unspecified atom stereocenters. The van der Waals surface area contributed by atoms with Gasteiger partial charge in [-0.3, -0.25) is 4.79 Å². The average molecular weight is 332 g/mol. The van der Waals surface area contributed by atoms with Crippen LogP contribution in [0.5, 0.6) is 0 Å². The third-order valence-electron chi connectivity index (χ3n) is 4.44. The normalized spacial score (nSPS) is 18.0. The number of likely N-dealkylation sites (N-methyl/N-ethyl adjacent to an activating group) is 1. The van der Waals surface area contributed by atoms with E-state index in [0.29, 0.717) is 12.6 Å². The van der Waals surface area contributed by atoms with E-state index >= 15 is 0 Å². The Bertz CT molecular complexity index is 684. The zero-order valence-electron chi connectivity index (χ0n) is 13.8. The van der Waals surface area contributed by atoms with Crippen molar-refractivity contribution in [2.75, 3.05) is 26.4 Å². The molecule has 1 fully saturated rings. The molecule has 3 rings (SSSR count). The number of benzene rings is 1. The molecule has 23 heavy (non-hydrogen) atoms. The molecule has 6 heteroatoms. The molecule has 0 saturated carbocycles. The van der Waals surface area contributed by atoms with E-state index in [1.807, 2.05) is 30.1 Å². The highest BCUT2D eigenvalue weighted by Crippen LogP contribution is 2.21. The van der Waals surface area contributed by atoms with E-state index < -0.39 is 0 Å². The average Bonchev–Trinajstić information content (AvgIpc) is 3.14. The molecule has 1 atom stereocenters. The molecule has 0 spiro atoms. The minimum Gasteiger partial charge on any atom is -0.337 e. The van der Waals surface area contributed by atoms with Crippen LogP contribution in [0.1, 0.15) is 18.7 Å². The molecule has 2 heterocycles. The summed E-state index contributed by atoms with van der Waals surface area (Å²) in [5.41, 5.74) is 2.02. The summed E-state index contributed by atoms with van der Waals surface area (Å²) in [7, 11) is 1.95. The van der Waals surface area contributed by atoms with E-state index in [2.05, 4.69) is 22.2 Å². The number of aromatic nitrogens is 2. The fourth-order valence-corrected chi connectivity index (χ4v) is 3.86. The van der Waals surface area contributed by atoms with Crippen molar-refractivity contribution in [1.29, 1.82) is 0 Å². The Morgan fingerprint density at radius 3 is 3.04 bits per heavy atom. The maximum atomic E-state index is 12.8. The van der Waals surface area contributed by atoms with Gasteiger partial charge in [0.05, 0.1) is 16.8 Å². The Balaban J connectivity index is 1.85. The second-order valence-corrected chi connectivity index (χ2v) is 6.84. The number of hydrogen-bond acceptors (Lipinski definition) is 4. The zero-order chi connectivity index (χ0) is 16.2. The first-order valence-corrected chi connectivity index (χ1v) is 9.51. The summed E-state index contributed by atoms with van der Waals surface area (Å²) in [5.74, 6) is 2.01. The summed E-state index contributed by atoms with van der Waals surface area (Å²) >= 11 is 1.73. The molecular weight excluding hydrogens is 308 g/mol. The molecule has 1 aliphatic rings. The van der Waals surface area contributed by atoms with E-state index in [9.17, 15) is 4.79 Å². The third-order valence-corrected chi connectivity index (χ3v) is 4.98. The molecule has 1 aliphatic heterocycles. The van der Waals surface area contributed by atoms with Gasteiger partial charge in [-0.2, -0.15) is 11.8 Å². The first kappa shape index (κ1) is 16.3. The van der Waals surface area contributed by atoms with Crippen LogP contribution in [0, 0.1) is 0 Å². The molecule has 1 saturated heterocycles.